The number of aliphatic hydroxyl groups excluding tert-OH is 1. The number of aliphatic hydroxyl groups is 1. The first-order valence-corrected chi connectivity index (χ1v) is 11.3. The summed E-state index contributed by atoms with van der Waals surface area (Å²) in [5.41, 5.74) is 1.77. The van der Waals surface area contributed by atoms with E-state index in [0.717, 1.165) is 36.2 Å². The Labute approximate surface area is 203 Å². The van der Waals surface area contributed by atoms with E-state index in [1.54, 1.807) is 19.2 Å². The molecule has 9 heteroatoms. The monoisotopic (exact) mass is 531 g/mol. The van der Waals surface area contributed by atoms with Gasteiger partial charge in [0.05, 0.1) is 11.6 Å². The third-order valence-electron chi connectivity index (χ3n) is 4.80. The summed E-state index contributed by atoms with van der Waals surface area (Å²) in [4.78, 5) is 0. The highest BCUT2D eigenvalue weighted by atomic mass is 79.9. The Morgan fingerprint density at radius 1 is 1.16 bits per heavy atom. The number of hydrogen-bond donors (Lipinski definition) is 2. The first-order valence-electron chi connectivity index (χ1n) is 10.5. The third-order valence-corrected chi connectivity index (χ3v) is 5.39. The van der Waals surface area contributed by atoms with Gasteiger partial charge in [0.2, 0.25) is 0 Å². The van der Waals surface area contributed by atoms with E-state index in [1.165, 1.54) is 0 Å². The van der Waals surface area contributed by atoms with Crippen LogP contribution < -0.4 is 24.3 Å². The van der Waals surface area contributed by atoms with Crippen molar-refractivity contribution in [2.45, 2.75) is 26.0 Å². The molecule has 0 spiro atoms. The SMILES string of the molecule is CCOCCCNCc1cc(Br)c(OCC(O)c2ccc3c(c2)OCCO3)c(OC)c1.Cl. The Hall–Kier alpha value is -1.71. The number of methoxy groups -OCH3 is 1. The Kier molecular flexibility index (Phi) is 11.4. The second-order valence-corrected chi connectivity index (χ2v) is 7.92. The topological polar surface area (TPSA) is 78.4 Å². The molecule has 0 saturated carbocycles. The number of rotatable bonds is 12. The lowest BCUT2D eigenvalue weighted by Gasteiger charge is -2.21. The minimum atomic E-state index is -0.820. The van der Waals surface area contributed by atoms with E-state index in [-0.39, 0.29) is 19.0 Å². The maximum atomic E-state index is 10.6. The van der Waals surface area contributed by atoms with Crippen LogP contribution in [-0.2, 0) is 11.3 Å². The van der Waals surface area contributed by atoms with Gasteiger partial charge in [0.15, 0.2) is 23.0 Å². The minimum absolute atomic E-state index is 0. The van der Waals surface area contributed by atoms with E-state index in [0.29, 0.717) is 48.3 Å². The van der Waals surface area contributed by atoms with Crippen molar-refractivity contribution in [2.75, 3.05) is 46.7 Å². The molecule has 1 atom stereocenters. The summed E-state index contributed by atoms with van der Waals surface area (Å²) in [6.07, 6.45) is 0.143. The van der Waals surface area contributed by atoms with E-state index < -0.39 is 6.10 Å². The molecule has 0 fully saturated rings. The standard InChI is InChI=1S/C23H30BrNO6.ClH/c1-3-28-8-4-7-25-14-16-11-18(24)23(22(12-16)27-2)31-15-19(26)17-5-6-20-21(13-17)30-10-9-29-20;/h5-6,11-13,19,25-26H,3-4,7-10,14-15H2,1-2H3;1H. The van der Waals surface area contributed by atoms with Crippen molar-refractivity contribution in [3.05, 3.63) is 45.9 Å². The molecule has 0 radical (unpaired) electrons. The van der Waals surface area contributed by atoms with Crippen LogP contribution in [-0.4, -0.2) is 51.8 Å². The molecule has 2 aromatic carbocycles. The Morgan fingerprint density at radius 3 is 2.69 bits per heavy atom. The second-order valence-electron chi connectivity index (χ2n) is 7.07. The molecular formula is C23H31BrClNO6. The molecular weight excluding hydrogens is 502 g/mol. The molecule has 1 aliphatic heterocycles. The molecule has 0 aliphatic carbocycles. The average molecular weight is 533 g/mol. The van der Waals surface area contributed by atoms with Crippen molar-refractivity contribution in [3.8, 4) is 23.0 Å². The zero-order valence-electron chi connectivity index (χ0n) is 18.4. The fourth-order valence-electron chi connectivity index (χ4n) is 3.22. The summed E-state index contributed by atoms with van der Waals surface area (Å²) in [7, 11) is 1.60. The zero-order chi connectivity index (χ0) is 22.1. The molecule has 2 N–H and O–H groups in total. The quantitative estimate of drug-likeness (QED) is 0.395. The van der Waals surface area contributed by atoms with Crippen LogP contribution in [0.3, 0.4) is 0 Å². The number of fused-ring (bicyclic) bond motifs is 1. The molecule has 0 amide bonds. The van der Waals surface area contributed by atoms with Crippen molar-refractivity contribution in [2.24, 2.45) is 0 Å². The first kappa shape index (κ1) is 26.5. The van der Waals surface area contributed by atoms with Gasteiger partial charge in [-0.05, 0) is 71.2 Å². The lowest BCUT2D eigenvalue weighted by atomic mass is 10.1. The molecule has 2 aromatic rings. The van der Waals surface area contributed by atoms with Crippen LogP contribution in [0.2, 0.25) is 0 Å². The summed E-state index contributed by atoms with van der Waals surface area (Å²) < 4.78 is 28.7. The van der Waals surface area contributed by atoms with E-state index in [1.807, 2.05) is 25.1 Å². The molecule has 178 valence electrons. The number of ether oxygens (including phenoxy) is 5. The summed E-state index contributed by atoms with van der Waals surface area (Å²) >= 11 is 3.57. The van der Waals surface area contributed by atoms with Crippen molar-refractivity contribution in [3.63, 3.8) is 0 Å². The lowest BCUT2D eigenvalue weighted by molar-refractivity contribution is 0.105. The molecule has 3 rings (SSSR count). The summed E-state index contributed by atoms with van der Waals surface area (Å²) in [5, 5.41) is 14.0. The number of nitrogens with one attached hydrogen (secondary N) is 1. The van der Waals surface area contributed by atoms with Gasteiger partial charge in [-0.3, -0.25) is 0 Å². The largest absolute Gasteiger partial charge is 0.493 e. The third kappa shape index (κ3) is 7.42. The van der Waals surface area contributed by atoms with Gasteiger partial charge >= 0.3 is 0 Å². The molecule has 32 heavy (non-hydrogen) atoms. The van der Waals surface area contributed by atoms with Gasteiger partial charge in [-0.25, -0.2) is 0 Å². The Bertz CT molecular complexity index is 853. The number of hydrogen-bond acceptors (Lipinski definition) is 7. The Morgan fingerprint density at radius 2 is 1.94 bits per heavy atom. The van der Waals surface area contributed by atoms with Crippen LogP contribution in [0, 0.1) is 0 Å². The molecule has 7 nitrogen and oxygen atoms in total. The van der Waals surface area contributed by atoms with Gasteiger partial charge in [0.1, 0.15) is 25.9 Å². The highest BCUT2D eigenvalue weighted by Crippen LogP contribution is 2.38. The number of halogens is 2. The van der Waals surface area contributed by atoms with Crippen LogP contribution >= 0.6 is 28.3 Å². The molecule has 0 saturated heterocycles. The molecule has 0 bridgehead atoms. The van der Waals surface area contributed by atoms with Crippen molar-refractivity contribution >= 4 is 28.3 Å². The lowest BCUT2D eigenvalue weighted by Crippen LogP contribution is -2.17. The summed E-state index contributed by atoms with van der Waals surface area (Å²) in [6.45, 7) is 6.19. The van der Waals surface area contributed by atoms with Crippen molar-refractivity contribution < 1.29 is 28.8 Å². The van der Waals surface area contributed by atoms with Crippen LogP contribution in [0.25, 0.3) is 0 Å². The predicted molar refractivity (Wildman–Crippen MR) is 129 cm³/mol. The van der Waals surface area contributed by atoms with E-state index in [2.05, 4.69) is 21.2 Å². The zero-order valence-corrected chi connectivity index (χ0v) is 20.8. The first-order chi connectivity index (χ1) is 15.1. The second kappa shape index (κ2) is 13.7. The summed E-state index contributed by atoms with van der Waals surface area (Å²) in [5.74, 6) is 2.49. The van der Waals surface area contributed by atoms with Gasteiger partial charge in [0, 0.05) is 19.8 Å². The van der Waals surface area contributed by atoms with E-state index >= 15 is 0 Å². The van der Waals surface area contributed by atoms with Gasteiger partial charge in [-0.15, -0.1) is 12.4 Å². The highest BCUT2D eigenvalue weighted by Gasteiger charge is 2.18. The van der Waals surface area contributed by atoms with Gasteiger partial charge in [0.25, 0.3) is 0 Å². The maximum Gasteiger partial charge on any atom is 0.175 e. The van der Waals surface area contributed by atoms with Crippen LogP contribution in [0.15, 0.2) is 34.8 Å². The van der Waals surface area contributed by atoms with E-state index in [4.69, 9.17) is 23.7 Å². The van der Waals surface area contributed by atoms with Gasteiger partial charge < -0.3 is 34.1 Å². The highest BCUT2D eigenvalue weighted by molar-refractivity contribution is 9.10. The fourth-order valence-corrected chi connectivity index (χ4v) is 3.82. The van der Waals surface area contributed by atoms with Crippen molar-refractivity contribution in [1.29, 1.82) is 0 Å². The molecule has 0 aromatic heterocycles. The molecule has 1 aliphatic rings. The van der Waals surface area contributed by atoms with Crippen LogP contribution in [0.4, 0.5) is 0 Å². The average Bonchev–Trinajstić information content (AvgIpc) is 2.79. The fraction of sp³-hybridized carbons (Fsp3) is 0.478. The smallest absolute Gasteiger partial charge is 0.175 e. The molecule has 1 unspecified atom stereocenters. The van der Waals surface area contributed by atoms with E-state index in [9.17, 15) is 5.11 Å². The van der Waals surface area contributed by atoms with Crippen LogP contribution in [0.5, 0.6) is 23.0 Å². The number of benzene rings is 2. The van der Waals surface area contributed by atoms with Crippen molar-refractivity contribution in [1.82, 2.24) is 5.32 Å². The van der Waals surface area contributed by atoms with Gasteiger partial charge in [-0.1, -0.05) is 6.07 Å². The Balaban J connectivity index is 0.00000363. The summed E-state index contributed by atoms with van der Waals surface area (Å²) in [6, 6.07) is 9.33. The maximum absolute atomic E-state index is 10.6. The minimum Gasteiger partial charge on any atom is -0.493 e. The predicted octanol–water partition coefficient (Wildman–Crippen LogP) is 4.28. The van der Waals surface area contributed by atoms with Crippen LogP contribution in [0.1, 0.15) is 30.6 Å². The van der Waals surface area contributed by atoms with Gasteiger partial charge in [-0.2, -0.15) is 0 Å². The molecule has 1 heterocycles. The normalized spacial score (nSPS) is 13.2.